The molecule has 0 aromatic heterocycles. The third-order valence-electron chi connectivity index (χ3n) is 4.56. The van der Waals surface area contributed by atoms with Crippen molar-refractivity contribution in [3.05, 3.63) is 11.6 Å². The summed E-state index contributed by atoms with van der Waals surface area (Å²) < 4.78 is 25.3. The predicted octanol–water partition coefficient (Wildman–Crippen LogP) is 2.15. The number of likely N-dealkylation sites (tertiary alicyclic amines) is 1. The van der Waals surface area contributed by atoms with Gasteiger partial charge in [0, 0.05) is 19.6 Å². The van der Waals surface area contributed by atoms with Gasteiger partial charge in [0.15, 0.2) is 0 Å². The van der Waals surface area contributed by atoms with Gasteiger partial charge in [0.2, 0.25) is 15.9 Å². The Bertz CT molecular complexity index is 507. The summed E-state index contributed by atoms with van der Waals surface area (Å²) in [5, 5.41) is 0. The molecule has 1 aliphatic carbocycles. The van der Waals surface area contributed by atoms with Crippen LogP contribution in [0.4, 0.5) is 0 Å². The molecule has 1 aliphatic heterocycles. The van der Waals surface area contributed by atoms with Crippen molar-refractivity contribution in [3.63, 3.8) is 0 Å². The van der Waals surface area contributed by atoms with Crippen molar-refractivity contribution in [2.45, 2.75) is 51.4 Å². The van der Waals surface area contributed by atoms with E-state index in [0.29, 0.717) is 6.54 Å². The van der Waals surface area contributed by atoms with Gasteiger partial charge in [0.25, 0.3) is 0 Å². The number of hydrogen-bond donors (Lipinski definition) is 0. The molecule has 0 N–H and O–H groups in total. The zero-order chi connectivity index (χ0) is 16.0. The summed E-state index contributed by atoms with van der Waals surface area (Å²) in [6.45, 7) is 1.94. The first-order valence-electron chi connectivity index (χ1n) is 8.37. The van der Waals surface area contributed by atoms with E-state index in [4.69, 9.17) is 0 Å². The summed E-state index contributed by atoms with van der Waals surface area (Å²) in [6, 6.07) is 0. The summed E-state index contributed by atoms with van der Waals surface area (Å²) in [7, 11) is -3.34. The minimum absolute atomic E-state index is 0.00782. The number of carbonyl (C=O) groups excluding carboxylic acids is 1. The number of sulfonamides is 1. The first-order chi connectivity index (χ1) is 10.5. The van der Waals surface area contributed by atoms with Crippen LogP contribution in [0, 0.1) is 0 Å². The highest BCUT2D eigenvalue weighted by Gasteiger charge is 2.24. The van der Waals surface area contributed by atoms with Gasteiger partial charge < -0.3 is 4.90 Å². The summed E-state index contributed by atoms with van der Waals surface area (Å²) in [6.07, 6.45) is 12.0. The van der Waals surface area contributed by atoms with Gasteiger partial charge >= 0.3 is 0 Å². The van der Waals surface area contributed by atoms with Gasteiger partial charge in [0.05, 0.1) is 12.8 Å². The Balaban J connectivity index is 1.91. The lowest BCUT2D eigenvalue weighted by Crippen LogP contribution is -2.44. The summed E-state index contributed by atoms with van der Waals surface area (Å²) in [4.78, 5) is 14.1. The largest absolute Gasteiger partial charge is 0.342 e. The maximum atomic E-state index is 12.3. The van der Waals surface area contributed by atoms with E-state index >= 15 is 0 Å². The first-order valence-corrected chi connectivity index (χ1v) is 10.2. The molecule has 0 bridgehead atoms. The standard InChI is InChI=1S/C16H28N2O3S/c1-22(20,21)18(13-10-15-8-4-2-5-9-15)14-16(19)17-11-6-3-7-12-17/h8H,2-7,9-14H2,1H3. The van der Waals surface area contributed by atoms with Crippen molar-refractivity contribution >= 4 is 15.9 Å². The molecule has 0 unspecified atom stereocenters. The van der Waals surface area contributed by atoms with E-state index in [1.165, 1.54) is 29.0 Å². The first kappa shape index (κ1) is 17.5. The van der Waals surface area contributed by atoms with E-state index in [0.717, 1.165) is 51.6 Å². The molecule has 22 heavy (non-hydrogen) atoms. The van der Waals surface area contributed by atoms with E-state index in [2.05, 4.69) is 6.08 Å². The molecular formula is C16H28N2O3S. The van der Waals surface area contributed by atoms with Crippen LogP contribution in [0.1, 0.15) is 51.4 Å². The number of hydrogen-bond acceptors (Lipinski definition) is 3. The molecule has 1 saturated heterocycles. The van der Waals surface area contributed by atoms with Crippen LogP contribution in [0.15, 0.2) is 11.6 Å². The fourth-order valence-corrected chi connectivity index (χ4v) is 3.92. The molecule has 0 radical (unpaired) electrons. The van der Waals surface area contributed by atoms with Crippen molar-refractivity contribution in [2.24, 2.45) is 0 Å². The molecule has 2 rings (SSSR count). The van der Waals surface area contributed by atoms with Crippen LogP contribution in [-0.2, 0) is 14.8 Å². The summed E-state index contributed by atoms with van der Waals surface area (Å²) >= 11 is 0. The normalized spacial score (nSPS) is 20.1. The van der Waals surface area contributed by atoms with Crippen molar-refractivity contribution in [3.8, 4) is 0 Å². The van der Waals surface area contributed by atoms with Gasteiger partial charge in [-0.1, -0.05) is 11.6 Å². The van der Waals surface area contributed by atoms with Crippen LogP contribution in [0.2, 0.25) is 0 Å². The lowest BCUT2D eigenvalue weighted by Gasteiger charge is -2.29. The highest BCUT2D eigenvalue weighted by Crippen LogP contribution is 2.21. The molecule has 1 heterocycles. The molecule has 6 heteroatoms. The molecular weight excluding hydrogens is 300 g/mol. The number of rotatable bonds is 6. The quantitative estimate of drug-likeness (QED) is 0.702. The fourth-order valence-electron chi connectivity index (χ4n) is 3.16. The fraction of sp³-hybridized carbons (Fsp3) is 0.812. The summed E-state index contributed by atoms with van der Waals surface area (Å²) in [5.74, 6) is -0.0530. The molecule has 2 aliphatic rings. The van der Waals surface area contributed by atoms with E-state index in [-0.39, 0.29) is 12.5 Å². The van der Waals surface area contributed by atoms with Crippen LogP contribution >= 0.6 is 0 Å². The van der Waals surface area contributed by atoms with Gasteiger partial charge in [-0.15, -0.1) is 0 Å². The van der Waals surface area contributed by atoms with E-state index in [9.17, 15) is 13.2 Å². The van der Waals surface area contributed by atoms with Crippen LogP contribution in [0.5, 0.6) is 0 Å². The van der Waals surface area contributed by atoms with Gasteiger partial charge in [-0.2, -0.15) is 4.31 Å². The lowest BCUT2D eigenvalue weighted by molar-refractivity contribution is -0.132. The van der Waals surface area contributed by atoms with Gasteiger partial charge in [-0.05, 0) is 51.4 Å². The molecule has 5 nitrogen and oxygen atoms in total. The Hall–Kier alpha value is -0.880. The van der Waals surface area contributed by atoms with Crippen LogP contribution < -0.4 is 0 Å². The minimum atomic E-state index is -3.34. The second kappa shape index (κ2) is 8.11. The molecule has 0 spiro atoms. The SMILES string of the molecule is CS(=O)(=O)N(CCC1=CCCCC1)CC(=O)N1CCCCC1. The van der Waals surface area contributed by atoms with Crippen molar-refractivity contribution in [1.29, 1.82) is 0 Å². The lowest BCUT2D eigenvalue weighted by atomic mass is 9.97. The monoisotopic (exact) mass is 328 g/mol. The molecule has 126 valence electrons. The maximum Gasteiger partial charge on any atom is 0.237 e. The van der Waals surface area contributed by atoms with Gasteiger partial charge in [0.1, 0.15) is 0 Å². The minimum Gasteiger partial charge on any atom is -0.342 e. The number of nitrogens with zero attached hydrogens (tertiary/aromatic N) is 2. The number of amides is 1. The van der Waals surface area contributed by atoms with Crippen LogP contribution in [0.3, 0.4) is 0 Å². The van der Waals surface area contributed by atoms with Gasteiger partial charge in [-0.25, -0.2) is 8.42 Å². The number of allylic oxidation sites excluding steroid dienone is 1. The topological polar surface area (TPSA) is 57.7 Å². The Morgan fingerprint density at radius 1 is 1.18 bits per heavy atom. The average Bonchev–Trinajstić information content (AvgIpc) is 2.52. The predicted molar refractivity (Wildman–Crippen MR) is 88.0 cm³/mol. The Labute approximate surface area is 134 Å². The highest BCUT2D eigenvalue weighted by molar-refractivity contribution is 7.88. The third kappa shape index (κ3) is 5.39. The number of piperidine rings is 1. The van der Waals surface area contributed by atoms with E-state index in [1.54, 1.807) is 0 Å². The Morgan fingerprint density at radius 3 is 2.50 bits per heavy atom. The van der Waals surface area contributed by atoms with Gasteiger partial charge in [-0.3, -0.25) is 4.79 Å². The molecule has 1 amide bonds. The van der Waals surface area contributed by atoms with Crippen molar-refractivity contribution in [1.82, 2.24) is 9.21 Å². The average molecular weight is 328 g/mol. The maximum absolute atomic E-state index is 12.3. The molecule has 0 aromatic carbocycles. The molecule has 0 atom stereocenters. The van der Waals surface area contributed by atoms with E-state index in [1.807, 2.05) is 4.90 Å². The van der Waals surface area contributed by atoms with Crippen molar-refractivity contribution in [2.75, 3.05) is 32.4 Å². The van der Waals surface area contributed by atoms with Crippen molar-refractivity contribution < 1.29 is 13.2 Å². The highest BCUT2D eigenvalue weighted by atomic mass is 32.2. The van der Waals surface area contributed by atoms with Crippen LogP contribution in [0.25, 0.3) is 0 Å². The third-order valence-corrected chi connectivity index (χ3v) is 5.81. The Morgan fingerprint density at radius 2 is 1.91 bits per heavy atom. The number of carbonyl (C=O) groups is 1. The summed E-state index contributed by atoms with van der Waals surface area (Å²) in [5.41, 5.74) is 1.34. The molecule has 1 fully saturated rings. The van der Waals surface area contributed by atoms with E-state index < -0.39 is 10.0 Å². The molecule has 0 aromatic rings. The zero-order valence-corrected chi connectivity index (χ0v) is 14.4. The zero-order valence-electron chi connectivity index (χ0n) is 13.6. The second-order valence-electron chi connectivity index (χ2n) is 6.40. The second-order valence-corrected chi connectivity index (χ2v) is 8.38. The Kier molecular flexibility index (Phi) is 6.44. The molecule has 0 saturated carbocycles. The van der Waals surface area contributed by atoms with Crippen LogP contribution in [-0.4, -0.2) is 56.0 Å². The smallest absolute Gasteiger partial charge is 0.237 e.